The van der Waals surface area contributed by atoms with Gasteiger partial charge in [0.05, 0.1) is 5.57 Å². The number of carbonyl (C=O) groups is 1. The van der Waals surface area contributed by atoms with Crippen LogP contribution in [-0.4, -0.2) is 12.5 Å². The van der Waals surface area contributed by atoms with Crippen molar-refractivity contribution in [1.29, 1.82) is 0 Å². The van der Waals surface area contributed by atoms with Crippen molar-refractivity contribution in [2.45, 2.75) is 0 Å². The molecule has 2 aromatic rings. The van der Waals surface area contributed by atoms with Crippen LogP contribution in [0.2, 0.25) is 5.02 Å². The molecule has 0 unspecified atom stereocenters. The Balaban J connectivity index is 1.81. The summed E-state index contributed by atoms with van der Waals surface area (Å²) in [4.78, 5) is 12.3. The van der Waals surface area contributed by atoms with E-state index in [0.717, 1.165) is 20.6 Å². The normalized spacial score (nSPS) is 13.0. The van der Waals surface area contributed by atoms with Crippen molar-refractivity contribution in [2.75, 3.05) is 11.9 Å². The molecule has 0 saturated heterocycles. The highest BCUT2D eigenvalue weighted by Crippen LogP contribution is 2.29. The quantitative estimate of drug-likeness (QED) is 0.746. The third kappa shape index (κ3) is 3.39. The highest BCUT2D eigenvalue weighted by molar-refractivity contribution is 14.1. The van der Waals surface area contributed by atoms with Gasteiger partial charge in [0.25, 0.3) is 5.91 Å². The van der Waals surface area contributed by atoms with Crippen LogP contribution in [0.3, 0.4) is 0 Å². The van der Waals surface area contributed by atoms with Crippen molar-refractivity contribution in [1.82, 2.24) is 0 Å². The molecule has 0 aromatic heterocycles. The fraction of sp³-hybridized carbons (Fsp3) is 0.0625. The SMILES string of the molecule is O=C(Nc1ccc(I)cc1)C1=Cc2cc(Cl)ccc2OC1. The Morgan fingerprint density at radius 2 is 1.95 bits per heavy atom. The largest absolute Gasteiger partial charge is 0.488 e. The summed E-state index contributed by atoms with van der Waals surface area (Å²) in [5.41, 5.74) is 2.16. The molecule has 1 amide bonds. The highest BCUT2D eigenvalue weighted by atomic mass is 127. The summed E-state index contributed by atoms with van der Waals surface area (Å²) in [7, 11) is 0. The van der Waals surface area contributed by atoms with Crippen molar-refractivity contribution < 1.29 is 9.53 Å². The molecule has 0 bridgehead atoms. The van der Waals surface area contributed by atoms with Gasteiger partial charge in [0, 0.05) is 19.8 Å². The molecule has 1 N–H and O–H groups in total. The second-order valence-electron chi connectivity index (χ2n) is 4.60. The molecule has 1 heterocycles. The van der Waals surface area contributed by atoms with Gasteiger partial charge < -0.3 is 10.1 Å². The van der Waals surface area contributed by atoms with Gasteiger partial charge in [-0.15, -0.1) is 0 Å². The molecule has 21 heavy (non-hydrogen) atoms. The fourth-order valence-corrected chi connectivity index (χ4v) is 2.56. The molecule has 1 aliphatic rings. The Hall–Kier alpha value is -1.53. The van der Waals surface area contributed by atoms with Gasteiger partial charge in [-0.05, 0) is 71.1 Å². The number of fused-ring (bicyclic) bond motifs is 1. The molecule has 5 heteroatoms. The van der Waals surface area contributed by atoms with Gasteiger partial charge >= 0.3 is 0 Å². The van der Waals surface area contributed by atoms with E-state index in [1.165, 1.54) is 0 Å². The number of rotatable bonds is 2. The number of ether oxygens (including phenoxy) is 1. The minimum atomic E-state index is -0.165. The Morgan fingerprint density at radius 3 is 2.71 bits per heavy atom. The molecule has 0 atom stereocenters. The maximum atomic E-state index is 12.3. The molecular weight excluding hydrogens is 401 g/mol. The minimum absolute atomic E-state index is 0.165. The zero-order chi connectivity index (χ0) is 14.8. The Kier molecular flexibility index (Phi) is 4.17. The zero-order valence-electron chi connectivity index (χ0n) is 10.9. The lowest BCUT2D eigenvalue weighted by atomic mass is 10.1. The lowest BCUT2D eigenvalue weighted by Crippen LogP contribution is -2.21. The van der Waals surface area contributed by atoms with Crippen LogP contribution in [-0.2, 0) is 4.79 Å². The van der Waals surface area contributed by atoms with Crippen molar-refractivity contribution in [3.63, 3.8) is 0 Å². The number of anilines is 1. The van der Waals surface area contributed by atoms with Gasteiger partial charge in [-0.3, -0.25) is 4.79 Å². The molecule has 0 aliphatic carbocycles. The lowest BCUT2D eigenvalue weighted by Gasteiger charge is -2.17. The summed E-state index contributed by atoms with van der Waals surface area (Å²) in [6.07, 6.45) is 1.81. The number of hydrogen-bond acceptors (Lipinski definition) is 2. The molecule has 1 aliphatic heterocycles. The van der Waals surface area contributed by atoms with E-state index in [-0.39, 0.29) is 12.5 Å². The Labute approximate surface area is 141 Å². The second kappa shape index (κ2) is 6.07. The number of carbonyl (C=O) groups excluding carboxylic acids is 1. The van der Waals surface area contributed by atoms with E-state index in [2.05, 4.69) is 27.9 Å². The van der Waals surface area contributed by atoms with Gasteiger partial charge in [0.15, 0.2) is 0 Å². The van der Waals surface area contributed by atoms with Crippen LogP contribution in [0.25, 0.3) is 6.08 Å². The van der Waals surface area contributed by atoms with Crippen molar-refractivity contribution in [2.24, 2.45) is 0 Å². The molecular formula is C16H11ClINO2. The lowest BCUT2D eigenvalue weighted by molar-refractivity contribution is -0.113. The van der Waals surface area contributed by atoms with Crippen LogP contribution >= 0.6 is 34.2 Å². The van der Waals surface area contributed by atoms with Crippen molar-refractivity contribution in [3.8, 4) is 5.75 Å². The van der Waals surface area contributed by atoms with E-state index in [1.807, 2.05) is 36.4 Å². The average molecular weight is 412 g/mol. The van der Waals surface area contributed by atoms with E-state index < -0.39 is 0 Å². The van der Waals surface area contributed by atoms with E-state index >= 15 is 0 Å². The molecule has 3 nitrogen and oxygen atoms in total. The summed E-state index contributed by atoms with van der Waals surface area (Å²) in [6.45, 7) is 0.255. The number of nitrogens with one attached hydrogen (secondary N) is 1. The third-order valence-corrected chi connectivity index (χ3v) is 4.03. The van der Waals surface area contributed by atoms with Crippen molar-refractivity contribution >= 4 is 51.9 Å². The minimum Gasteiger partial charge on any atom is -0.488 e. The molecule has 0 fully saturated rings. The average Bonchev–Trinajstić information content (AvgIpc) is 2.48. The topological polar surface area (TPSA) is 38.3 Å². The molecule has 0 saturated carbocycles. The number of benzene rings is 2. The highest BCUT2D eigenvalue weighted by Gasteiger charge is 2.17. The van der Waals surface area contributed by atoms with Gasteiger partial charge in [-0.2, -0.15) is 0 Å². The summed E-state index contributed by atoms with van der Waals surface area (Å²) in [5.74, 6) is 0.576. The maximum absolute atomic E-state index is 12.3. The van der Waals surface area contributed by atoms with E-state index in [9.17, 15) is 4.79 Å². The first-order chi connectivity index (χ1) is 10.1. The summed E-state index contributed by atoms with van der Waals surface area (Å²) < 4.78 is 6.70. The molecule has 3 rings (SSSR count). The van der Waals surface area contributed by atoms with Crippen LogP contribution in [0, 0.1) is 3.57 Å². The van der Waals surface area contributed by atoms with Crippen LogP contribution in [0.5, 0.6) is 5.75 Å². The summed E-state index contributed by atoms with van der Waals surface area (Å²) >= 11 is 8.18. The monoisotopic (exact) mass is 411 g/mol. The zero-order valence-corrected chi connectivity index (χ0v) is 13.8. The summed E-state index contributed by atoms with van der Waals surface area (Å²) in [6, 6.07) is 13.0. The number of amides is 1. The third-order valence-electron chi connectivity index (χ3n) is 3.08. The van der Waals surface area contributed by atoms with Gasteiger partial charge in [0.1, 0.15) is 12.4 Å². The second-order valence-corrected chi connectivity index (χ2v) is 6.28. The molecule has 0 spiro atoms. The summed E-state index contributed by atoms with van der Waals surface area (Å²) in [5, 5.41) is 3.48. The first-order valence-corrected chi connectivity index (χ1v) is 7.77. The van der Waals surface area contributed by atoms with Crippen LogP contribution in [0.4, 0.5) is 5.69 Å². The van der Waals surface area contributed by atoms with Crippen molar-refractivity contribution in [3.05, 3.63) is 62.2 Å². The molecule has 0 radical (unpaired) electrons. The van der Waals surface area contributed by atoms with Gasteiger partial charge in [-0.1, -0.05) is 11.6 Å². The Bertz CT molecular complexity index is 726. The first kappa shape index (κ1) is 14.4. The van der Waals surface area contributed by atoms with Crippen LogP contribution < -0.4 is 10.1 Å². The van der Waals surface area contributed by atoms with E-state index in [4.69, 9.17) is 16.3 Å². The Morgan fingerprint density at radius 1 is 1.19 bits per heavy atom. The molecule has 2 aromatic carbocycles. The van der Waals surface area contributed by atoms with Crippen LogP contribution in [0.15, 0.2) is 48.0 Å². The first-order valence-electron chi connectivity index (χ1n) is 6.32. The van der Waals surface area contributed by atoms with Gasteiger partial charge in [-0.25, -0.2) is 0 Å². The fourth-order valence-electron chi connectivity index (χ4n) is 2.02. The standard InChI is InChI=1S/C16H11ClINO2/c17-12-1-6-15-10(8-12)7-11(9-21-15)16(20)19-14-4-2-13(18)3-5-14/h1-8H,9H2,(H,19,20). The molecule has 106 valence electrons. The predicted molar refractivity (Wildman–Crippen MR) is 92.7 cm³/mol. The van der Waals surface area contributed by atoms with Gasteiger partial charge in [0.2, 0.25) is 0 Å². The maximum Gasteiger partial charge on any atom is 0.255 e. The van der Waals surface area contributed by atoms with Crippen LogP contribution in [0.1, 0.15) is 5.56 Å². The smallest absolute Gasteiger partial charge is 0.255 e. The number of halogens is 2. The number of hydrogen-bond donors (Lipinski definition) is 1. The predicted octanol–water partition coefficient (Wildman–Crippen LogP) is 4.36. The van der Waals surface area contributed by atoms with E-state index in [1.54, 1.807) is 12.1 Å². The van der Waals surface area contributed by atoms with E-state index in [0.29, 0.717) is 10.6 Å².